The smallest absolute Gasteiger partial charge is 0.261 e. The van der Waals surface area contributed by atoms with Gasteiger partial charge in [0.05, 0.1) is 0 Å². The second kappa shape index (κ2) is 10.2. The predicted molar refractivity (Wildman–Crippen MR) is 121 cm³/mol. The van der Waals surface area contributed by atoms with Crippen LogP contribution in [0.1, 0.15) is 41.2 Å². The van der Waals surface area contributed by atoms with E-state index in [1.165, 1.54) is 0 Å². The molecule has 0 fully saturated rings. The van der Waals surface area contributed by atoms with Crippen LogP contribution in [-0.4, -0.2) is 30.7 Å². The molecule has 6 nitrogen and oxygen atoms in total. The van der Waals surface area contributed by atoms with Crippen LogP contribution in [-0.2, 0) is 25.8 Å². The van der Waals surface area contributed by atoms with Crippen LogP contribution >= 0.6 is 23.2 Å². The van der Waals surface area contributed by atoms with Gasteiger partial charge in [-0.2, -0.15) is 0 Å². The van der Waals surface area contributed by atoms with Gasteiger partial charge in [0.25, 0.3) is 11.1 Å². The van der Waals surface area contributed by atoms with Crippen molar-refractivity contribution in [3.8, 4) is 0 Å². The van der Waals surface area contributed by atoms with Gasteiger partial charge < -0.3 is 0 Å². The SMILES string of the molecule is Cc1nc2ccccn2c(=O)c1CCCl.Cc1nc2n(c(=O)c1CCCl)CCCC2. The van der Waals surface area contributed by atoms with E-state index in [-0.39, 0.29) is 11.1 Å². The molecule has 3 aromatic rings. The van der Waals surface area contributed by atoms with Crippen molar-refractivity contribution in [3.63, 3.8) is 0 Å². The Hall–Kier alpha value is -2.18. The van der Waals surface area contributed by atoms with Gasteiger partial charge in [-0.1, -0.05) is 6.07 Å². The van der Waals surface area contributed by atoms with E-state index in [1.54, 1.807) is 10.6 Å². The van der Waals surface area contributed by atoms with E-state index in [0.29, 0.717) is 35.8 Å². The number of nitrogens with zero attached hydrogens (tertiary/aromatic N) is 4. The lowest BCUT2D eigenvalue weighted by molar-refractivity contribution is 0.490. The number of aryl methyl sites for hydroxylation is 3. The van der Waals surface area contributed by atoms with E-state index in [2.05, 4.69) is 9.97 Å². The van der Waals surface area contributed by atoms with Crippen molar-refractivity contribution >= 4 is 28.8 Å². The van der Waals surface area contributed by atoms with Gasteiger partial charge in [0.2, 0.25) is 0 Å². The normalized spacial score (nSPS) is 12.9. The Balaban J connectivity index is 0.000000171. The zero-order chi connectivity index (χ0) is 21.7. The largest absolute Gasteiger partial charge is 0.296 e. The second-order valence-electron chi connectivity index (χ2n) is 7.29. The summed E-state index contributed by atoms with van der Waals surface area (Å²) in [5, 5.41) is 0. The third kappa shape index (κ3) is 4.76. The minimum absolute atomic E-state index is 0.0150. The van der Waals surface area contributed by atoms with Crippen molar-refractivity contribution < 1.29 is 0 Å². The molecule has 160 valence electrons. The quantitative estimate of drug-likeness (QED) is 0.573. The van der Waals surface area contributed by atoms with E-state index < -0.39 is 0 Å². The van der Waals surface area contributed by atoms with E-state index in [1.807, 2.05) is 36.6 Å². The summed E-state index contributed by atoms with van der Waals surface area (Å²) in [4.78, 5) is 32.9. The van der Waals surface area contributed by atoms with Crippen LogP contribution in [0.2, 0.25) is 0 Å². The molecule has 4 rings (SSSR count). The Morgan fingerprint density at radius 1 is 0.933 bits per heavy atom. The molecule has 1 aliphatic heterocycles. The number of halogens is 2. The molecule has 0 amide bonds. The first kappa shape index (κ1) is 22.5. The number of hydrogen-bond donors (Lipinski definition) is 0. The van der Waals surface area contributed by atoms with Crippen molar-refractivity contribution in [2.75, 3.05) is 11.8 Å². The average Bonchev–Trinajstić information content (AvgIpc) is 2.74. The molecule has 0 spiro atoms. The zero-order valence-corrected chi connectivity index (χ0v) is 18.8. The summed E-state index contributed by atoms with van der Waals surface area (Å²) in [6.45, 7) is 4.56. The minimum atomic E-state index is -0.0150. The van der Waals surface area contributed by atoms with E-state index in [9.17, 15) is 9.59 Å². The fourth-order valence-electron chi connectivity index (χ4n) is 3.73. The summed E-state index contributed by atoms with van der Waals surface area (Å²) in [6, 6.07) is 5.50. The molecule has 8 heteroatoms. The van der Waals surface area contributed by atoms with Crippen molar-refractivity contribution in [2.45, 2.75) is 52.5 Å². The maximum atomic E-state index is 12.1. The van der Waals surface area contributed by atoms with Crippen LogP contribution in [0, 0.1) is 13.8 Å². The van der Waals surface area contributed by atoms with E-state index in [0.717, 1.165) is 48.6 Å². The topological polar surface area (TPSA) is 69.3 Å². The third-order valence-corrected chi connectivity index (χ3v) is 5.68. The summed E-state index contributed by atoms with van der Waals surface area (Å²) in [5.41, 5.74) is 3.90. The van der Waals surface area contributed by atoms with Gasteiger partial charge >= 0.3 is 0 Å². The lowest BCUT2D eigenvalue weighted by atomic mass is 10.1. The molecule has 0 radical (unpaired) electrons. The van der Waals surface area contributed by atoms with Gasteiger partial charge in [-0.15, -0.1) is 23.2 Å². The number of aromatic nitrogens is 4. The molecule has 1 aliphatic rings. The highest BCUT2D eigenvalue weighted by Gasteiger charge is 2.16. The van der Waals surface area contributed by atoms with Gasteiger partial charge in [0, 0.05) is 53.4 Å². The highest BCUT2D eigenvalue weighted by Crippen LogP contribution is 2.12. The number of alkyl halides is 2. The second-order valence-corrected chi connectivity index (χ2v) is 8.05. The molecule has 4 heterocycles. The third-order valence-electron chi connectivity index (χ3n) is 5.30. The molecule has 0 bridgehead atoms. The van der Waals surface area contributed by atoms with E-state index >= 15 is 0 Å². The molecule has 3 aromatic heterocycles. The highest BCUT2D eigenvalue weighted by molar-refractivity contribution is 6.18. The molecule has 0 N–H and O–H groups in total. The maximum absolute atomic E-state index is 12.1. The molecular weight excluding hydrogens is 423 g/mol. The lowest BCUT2D eigenvalue weighted by Gasteiger charge is -2.19. The summed E-state index contributed by atoms with van der Waals surface area (Å²) in [5.74, 6) is 1.87. The van der Waals surface area contributed by atoms with Crippen LogP contribution in [0.15, 0.2) is 34.0 Å². The molecule has 0 aliphatic carbocycles. The van der Waals surface area contributed by atoms with Crippen LogP contribution in [0.3, 0.4) is 0 Å². The summed E-state index contributed by atoms with van der Waals surface area (Å²) < 4.78 is 3.37. The van der Waals surface area contributed by atoms with Crippen LogP contribution < -0.4 is 11.1 Å². The van der Waals surface area contributed by atoms with Crippen molar-refractivity contribution in [3.05, 3.63) is 73.4 Å². The number of pyridine rings is 1. The van der Waals surface area contributed by atoms with Crippen LogP contribution in [0.25, 0.3) is 5.65 Å². The molecule has 30 heavy (non-hydrogen) atoms. The van der Waals surface area contributed by atoms with Gasteiger partial charge in [0.15, 0.2) is 0 Å². The summed E-state index contributed by atoms with van der Waals surface area (Å²) in [7, 11) is 0. The Morgan fingerprint density at radius 3 is 2.30 bits per heavy atom. The van der Waals surface area contributed by atoms with Crippen molar-refractivity contribution in [1.29, 1.82) is 0 Å². The Labute approximate surface area is 185 Å². The maximum Gasteiger partial charge on any atom is 0.261 e. The summed E-state index contributed by atoms with van der Waals surface area (Å²) in [6.07, 6.45) is 6.06. The minimum Gasteiger partial charge on any atom is -0.296 e. The molecular formula is C22H26Cl2N4O2. The average molecular weight is 449 g/mol. The first-order valence-corrected chi connectivity index (χ1v) is 11.2. The molecule has 0 saturated heterocycles. The Morgan fingerprint density at radius 2 is 1.60 bits per heavy atom. The number of rotatable bonds is 4. The molecule has 0 saturated carbocycles. The number of fused-ring (bicyclic) bond motifs is 2. The zero-order valence-electron chi connectivity index (χ0n) is 17.3. The van der Waals surface area contributed by atoms with Gasteiger partial charge in [-0.05, 0) is 51.7 Å². The van der Waals surface area contributed by atoms with Crippen molar-refractivity contribution in [2.24, 2.45) is 0 Å². The molecule has 0 aromatic carbocycles. The molecule has 0 unspecified atom stereocenters. The van der Waals surface area contributed by atoms with Gasteiger partial charge in [-0.3, -0.25) is 18.6 Å². The molecule has 0 atom stereocenters. The predicted octanol–water partition coefficient (Wildman–Crippen LogP) is 3.45. The van der Waals surface area contributed by atoms with Crippen molar-refractivity contribution in [1.82, 2.24) is 18.9 Å². The first-order valence-electron chi connectivity index (χ1n) is 10.2. The van der Waals surface area contributed by atoms with E-state index in [4.69, 9.17) is 23.2 Å². The monoisotopic (exact) mass is 448 g/mol. The lowest BCUT2D eigenvalue weighted by Crippen LogP contribution is -2.32. The van der Waals surface area contributed by atoms with Gasteiger partial charge in [0.1, 0.15) is 11.5 Å². The fourth-order valence-corrected chi connectivity index (χ4v) is 4.11. The standard InChI is InChI=1S/C11H15ClN2O.C11H11ClN2O/c2*1-8-9(5-6-12)11(15)14-7-3-2-4-10(14)13-8/h2-7H2,1H3;2-4,7H,5-6H2,1H3. The number of hydrogen-bond acceptors (Lipinski definition) is 4. The van der Waals surface area contributed by atoms with Crippen LogP contribution in [0.5, 0.6) is 0 Å². The Kier molecular flexibility index (Phi) is 7.67. The van der Waals surface area contributed by atoms with Gasteiger partial charge in [-0.25, -0.2) is 9.97 Å². The van der Waals surface area contributed by atoms with Crippen LogP contribution in [0.4, 0.5) is 0 Å². The first-order chi connectivity index (χ1) is 14.5. The highest BCUT2D eigenvalue weighted by atomic mass is 35.5. The fraction of sp³-hybridized carbons (Fsp3) is 0.455. The summed E-state index contributed by atoms with van der Waals surface area (Å²) >= 11 is 11.3. The Bertz CT molecular complexity index is 1150.